The summed E-state index contributed by atoms with van der Waals surface area (Å²) in [5, 5.41) is 87.5. The Labute approximate surface area is 475 Å². The third-order valence-electron chi connectivity index (χ3n) is 16.2. The van der Waals surface area contributed by atoms with Gasteiger partial charge in [0, 0.05) is 6.42 Å². The van der Waals surface area contributed by atoms with Crippen molar-refractivity contribution in [3.8, 4) is 0 Å². The minimum Gasteiger partial charge on any atom is -0.394 e. The van der Waals surface area contributed by atoms with Gasteiger partial charge in [-0.25, -0.2) is 0 Å². The summed E-state index contributed by atoms with van der Waals surface area (Å²) in [4.78, 5) is 13.3. The third-order valence-corrected chi connectivity index (χ3v) is 16.2. The SMILES string of the molecule is CCCCCCC/C=C\C/C=C\CCCCCCCCCCCCCC(=O)NC(COC1OC(CO)C(OC2OC(CO)C(O)C(O)C2O)C(O)C1O)C(O)CCCCCCCCCCCCCCCCCCCCCCC. The molecule has 460 valence electrons. The van der Waals surface area contributed by atoms with Crippen molar-refractivity contribution in [1.82, 2.24) is 5.32 Å². The van der Waals surface area contributed by atoms with Crippen LogP contribution in [0.5, 0.6) is 0 Å². The fraction of sp³-hybridized carbons (Fsp3) is 0.922. The molecule has 2 rings (SSSR count). The van der Waals surface area contributed by atoms with E-state index < -0.39 is 86.8 Å². The van der Waals surface area contributed by atoms with Gasteiger partial charge in [0.05, 0.1) is 32.0 Å². The lowest BCUT2D eigenvalue weighted by Crippen LogP contribution is -2.65. The second-order valence-corrected chi connectivity index (χ2v) is 23.2. The van der Waals surface area contributed by atoms with Crippen LogP contribution in [0.25, 0.3) is 0 Å². The number of ether oxygens (including phenoxy) is 4. The van der Waals surface area contributed by atoms with Gasteiger partial charge >= 0.3 is 0 Å². The van der Waals surface area contributed by atoms with Gasteiger partial charge in [-0.05, 0) is 44.9 Å². The van der Waals surface area contributed by atoms with Crippen LogP contribution in [-0.2, 0) is 23.7 Å². The van der Waals surface area contributed by atoms with E-state index in [0.717, 1.165) is 57.8 Å². The Balaban J connectivity index is 1.71. The Morgan fingerprint density at radius 2 is 0.846 bits per heavy atom. The topological polar surface area (TPSA) is 228 Å². The van der Waals surface area contributed by atoms with E-state index in [0.29, 0.717) is 12.8 Å². The number of hydrogen-bond donors (Lipinski definition) is 9. The monoisotopic (exact) mass is 1110 g/mol. The molecule has 2 saturated heterocycles. The largest absolute Gasteiger partial charge is 0.394 e. The molecule has 9 N–H and O–H groups in total. The first-order valence-electron chi connectivity index (χ1n) is 32.6. The number of amides is 1. The van der Waals surface area contributed by atoms with Crippen molar-refractivity contribution in [3.05, 3.63) is 24.3 Å². The number of aliphatic hydroxyl groups excluding tert-OH is 8. The molecule has 12 atom stereocenters. The standard InChI is InChI=1S/C64H121NO13/c1-3-5-7-9-11-13-15-17-19-21-23-25-26-28-30-32-34-36-38-40-42-44-46-48-56(69)65-52(53(68)47-45-43-41-39-37-35-33-31-29-27-24-22-20-18-16-14-12-10-8-6-4-2)51-75-63-61(74)59(72)62(55(50-67)77-63)78-64-60(73)58(71)57(70)54(49-66)76-64/h15,17,21,23,52-55,57-64,66-68,70-74H,3-14,16,18-20,22,24-51H2,1-2H3,(H,65,69)/b17-15-,23-21-. The summed E-state index contributed by atoms with van der Waals surface area (Å²) in [5.74, 6) is -0.205. The van der Waals surface area contributed by atoms with Crippen LogP contribution < -0.4 is 5.32 Å². The number of unbranched alkanes of at least 4 members (excludes halogenated alkanes) is 36. The lowest BCUT2D eigenvalue weighted by molar-refractivity contribution is -0.359. The van der Waals surface area contributed by atoms with Gasteiger partial charge in [-0.15, -0.1) is 0 Å². The lowest BCUT2D eigenvalue weighted by atomic mass is 9.97. The molecule has 0 aromatic carbocycles. The smallest absolute Gasteiger partial charge is 0.220 e. The van der Waals surface area contributed by atoms with Gasteiger partial charge in [0.1, 0.15) is 48.8 Å². The third kappa shape index (κ3) is 34.8. The minimum absolute atomic E-state index is 0.205. The van der Waals surface area contributed by atoms with E-state index in [1.807, 2.05) is 0 Å². The van der Waals surface area contributed by atoms with E-state index in [9.17, 15) is 45.6 Å². The Bertz CT molecular complexity index is 1400. The first-order chi connectivity index (χ1) is 38.1. The van der Waals surface area contributed by atoms with Crippen LogP contribution in [0.2, 0.25) is 0 Å². The molecule has 14 nitrogen and oxygen atoms in total. The molecule has 0 spiro atoms. The second-order valence-electron chi connectivity index (χ2n) is 23.2. The predicted octanol–water partition coefficient (Wildman–Crippen LogP) is 12.0. The predicted molar refractivity (Wildman–Crippen MR) is 314 cm³/mol. The average Bonchev–Trinajstić information content (AvgIpc) is 3.48. The Morgan fingerprint density at radius 3 is 1.28 bits per heavy atom. The van der Waals surface area contributed by atoms with E-state index in [-0.39, 0.29) is 12.5 Å². The van der Waals surface area contributed by atoms with Crippen molar-refractivity contribution in [2.75, 3.05) is 19.8 Å². The van der Waals surface area contributed by atoms with Gasteiger partial charge < -0.3 is 65.1 Å². The van der Waals surface area contributed by atoms with Crippen molar-refractivity contribution >= 4 is 5.91 Å². The van der Waals surface area contributed by atoms with Gasteiger partial charge in [-0.2, -0.15) is 0 Å². The number of rotatable bonds is 53. The summed E-state index contributed by atoms with van der Waals surface area (Å²) in [6.45, 7) is 2.89. The lowest BCUT2D eigenvalue weighted by Gasteiger charge is -2.46. The van der Waals surface area contributed by atoms with Crippen LogP contribution >= 0.6 is 0 Å². The summed E-state index contributed by atoms with van der Waals surface area (Å²) in [6, 6.07) is -0.829. The highest BCUT2D eigenvalue weighted by atomic mass is 16.7. The summed E-state index contributed by atoms with van der Waals surface area (Å²) in [7, 11) is 0. The maximum Gasteiger partial charge on any atom is 0.220 e. The van der Waals surface area contributed by atoms with Crippen molar-refractivity contribution < 1.29 is 64.6 Å². The van der Waals surface area contributed by atoms with Gasteiger partial charge in [0.2, 0.25) is 5.91 Å². The minimum atomic E-state index is -1.78. The van der Waals surface area contributed by atoms with Crippen LogP contribution in [0.4, 0.5) is 0 Å². The molecule has 78 heavy (non-hydrogen) atoms. The van der Waals surface area contributed by atoms with Crippen molar-refractivity contribution in [1.29, 1.82) is 0 Å². The zero-order valence-electron chi connectivity index (χ0n) is 49.7. The molecule has 2 fully saturated rings. The zero-order valence-corrected chi connectivity index (χ0v) is 49.7. The number of nitrogens with one attached hydrogen (secondary N) is 1. The van der Waals surface area contributed by atoms with Gasteiger partial charge in [-0.3, -0.25) is 4.79 Å². The van der Waals surface area contributed by atoms with E-state index in [1.165, 1.54) is 199 Å². The molecular weight excluding hydrogens is 991 g/mol. The van der Waals surface area contributed by atoms with Crippen molar-refractivity contribution in [2.24, 2.45) is 0 Å². The molecule has 1 amide bonds. The fourth-order valence-corrected chi connectivity index (χ4v) is 10.9. The number of allylic oxidation sites excluding steroid dienone is 4. The Kier molecular flexibility index (Phi) is 46.5. The summed E-state index contributed by atoms with van der Waals surface area (Å²) >= 11 is 0. The zero-order chi connectivity index (χ0) is 56.7. The Hall–Kier alpha value is -1.53. The quantitative estimate of drug-likeness (QED) is 0.0204. The first kappa shape index (κ1) is 72.6. The molecule has 0 aromatic rings. The van der Waals surface area contributed by atoms with Crippen molar-refractivity contribution in [3.63, 3.8) is 0 Å². The van der Waals surface area contributed by atoms with Crippen LogP contribution in [-0.4, -0.2) is 140 Å². The van der Waals surface area contributed by atoms with Gasteiger partial charge in [0.25, 0.3) is 0 Å². The van der Waals surface area contributed by atoms with Gasteiger partial charge in [0.15, 0.2) is 12.6 Å². The highest BCUT2D eigenvalue weighted by molar-refractivity contribution is 5.76. The highest BCUT2D eigenvalue weighted by Gasteiger charge is 2.51. The molecule has 0 aromatic heterocycles. The molecule has 14 heteroatoms. The molecule has 2 aliphatic heterocycles. The molecule has 12 unspecified atom stereocenters. The second kappa shape index (κ2) is 50.0. The summed E-state index contributed by atoms with van der Waals surface area (Å²) in [6.07, 6.45) is 43.1. The molecule has 0 saturated carbocycles. The average molecular weight is 1110 g/mol. The van der Waals surface area contributed by atoms with E-state index in [4.69, 9.17) is 18.9 Å². The molecule has 0 bridgehead atoms. The Morgan fingerprint density at radius 1 is 0.462 bits per heavy atom. The van der Waals surface area contributed by atoms with Crippen molar-refractivity contribution in [2.45, 2.75) is 357 Å². The van der Waals surface area contributed by atoms with Crippen LogP contribution in [0.1, 0.15) is 284 Å². The van der Waals surface area contributed by atoms with Crippen LogP contribution in [0.3, 0.4) is 0 Å². The molecule has 2 aliphatic rings. The van der Waals surface area contributed by atoms with E-state index in [1.54, 1.807) is 0 Å². The van der Waals surface area contributed by atoms with E-state index >= 15 is 0 Å². The van der Waals surface area contributed by atoms with Crippen LogP contribution in [0.15, 0.2) is 24.3 Å². The molecular formula is C64H121NO13. The normalized spacial score (nSPS) is 24.6. The number of carbonyl (C=O) groups excluding carboxylic acids is 1. The molecule has 0 radical (unpaired) electrons. The summed E-state index contributed by atoms with van der Waals surface area (Å²) in [5.41, 5.74) is 0. The number of carbonyl (C=O) groups is 1. The molecule has 2 heterocycles. The number of hydrogen-bond acceptors (Lipinski definition) is 13. The van der Waals surface area contributed by atoms with E-state index in [2.05, 4.69) is 43.5 Å². The van der Waals surface area contributed by atoms with Gasteiger partial charge in [-0.1, -0.05) is 256 Å². The van der Waals surface area contributed by atoms with Crippen LogP contribution in [0, 0.1) is 0 Å². The maximum absolute atomic E-state index is 13.3. The maximum atomic E-state index is 13.3. The summed E-state index contributed by atoms with van der Waals surface area (Å²) < 4.78 is 22.9. The number of aliphatic hydroxyl groups is 8. The molecule has 0 aliphatic carbocycles. The first-order valence-corrected chi connectivity index (χ1v) is 32.6. The fourth-order valence-electron chi connectivity index (χ4n) is 10.9. The highest BCUT2D eigenvalue weighted by Crippen LogP contribution is 2.30.